The number of aromatic nitrogens is 4. The predicted molar refractivity (Wildman–Crippen MR) is 73.9 cm³/mol. The maximum atomic E-state index is 11.4. The van der Waals surface area contributed by atoms with E-state index in [4.69, 9.17) is 0 Å². The maximum absolute atomic E-state index is 11.4. The van der Waals surface area contributed by atoms with Gasteiger partial charge in [0.05, 0.1) is 12.7 Å². The largest absolute Gasteiger partial charge is 0.332 e. The fourth-order valence-electron chi connectivity index (χ4n) is 1.63. The molecule has 2 rings (SSSR count). The lowest BCUT2D eigenvalue weighted by molar-refractivity contribution is 0.217. The molecule has 0 saturated carbocycles. The van der Waals surface area contributed by atoms with Crippen molar-refractivity contribution in [2.75, 3.05) is 14.1 Å². The van der Waals surface area contributed by atoms with E-state index in [1.54, 1.807) is 25.0 Å². The Hall–Kier alpha value is -2.44. The molecule has 0 spiro atoms. The van der Waals surface area contributed by atoms with Gasteiger partial charge in [0, 0.05) is 39.0 Å². The molecule has 0 saturated heterocycles. The van der Waals surface area contributed by atoms with Crippen molar-refractivity contribution < 1.29 is 4.79 Å². The molecule has 0 atom stereocenters. The molecule has 2 aromatic rings. The minimum Gasteiger partial charge on any atom is -0.332 e. The zero-order valence-electron chi connectivity index (χ0n) is 11.7. The van der Waals surface area contributed by atoms with Crippen LogP contribution >= 0.6 is 0 Å². The Kier molecular flexibility index (Phi) is 4.65. The summed E-state index contributed by atoms with van der Waals surface area (Å²) in [5.41, 5.74) is 1.76. The molecular formula is C13H18N6O. The monoisotopic (exact) mass is 274 g/mol. The fourth-order valence-corrected chi connectivity index (χ4v) is 1.63. The van der Waals surface area contributed by atoms with Crippen molar-refractivity contribution in [3.8, 4) is 0 Å². The Morgan fingerprint density at radius 3 is 2.90 bits per heavy atom. The van der Waals surface area contributed by atoms with Gasteiger partial charge in [-0.05, 0) is 12.1 Å². The molecule has 7 nitrogen and oxygen atoms in total. The van der Waals surface area contributed by atoms with Crippen LogP contribution in [0, 0.1) is 0 Å². The Labute approximate surface area is 117 Å². The lowest BCUT2D eigenvalue weighted by Crippen LogP contribution is -2.34. The average Bonchev–Trinajstić information content (AvgIpc) is 2.91. The molecule has 106 valence electrons. The van der Waals surface area contributed by atoms with E-state index in [1.807, 2.05) is 24.4 Å². The van der Waals surface area contributed by atoms with Gasteiger partial charge in [0.1, 0.15) is 5.69 Å². The molecule has 2 aromatic heterocycles. The van der Waals surface area contributed by atoms with Crippen LogP contribution in [0.15, 0.2) is 30.6 Å². The Morgan fingerprint density at radius 2 is 2.20 bits per heavy atom. The second-order valence-corrected chi connectivity index (χ2v) is 4.60. The zero-order valence-corrected chi connectivity index (χ0v) is 11.7. The zero-order chi connectivity index (χ0) is 14.4. The van der Waals surface area contributed by atoms with Crippen molar-refractivity contribution in [1.29, 1.82) is 0 Å². The van der Waals surface area contributed by atoms with E-state index in [0.29, 0.717) is 13.1 Å². The van der Waals surface area contributed by atoms with Crippen molar-refractivity contribution in [1.82, 2.24) is 30.2 Å². The number of hydrogen-bond acceptors (Lipinski definition) is 4. The molecule has 1 N–H and O–H groups in total. The van der Waals surface area contributed by atoms with Crippen LogP contribution in [0.2, 0.25) is 0 Å². The fraction of sp³-hybridized carbons (Fsp3) is 0.385. The third-order valence-corrected chi connectivity index (χ3v) is 2.74. The van der Waals surface area contributed by atoms with Gasteiger partial charge in [-0.1, -0.05) is 11.3 Å². The number of urea groups is 1. The first-order valence-electron chi connectivity index (χ1n) is 6.39. The second kappa shape index (κ2) is 6.65. The lowest BCUT2D eigenvalue weighted by Gasteiger charge is -2.10. The molecule has 20 heavy (non-hydrogen) atoms. The molecule has 2 amide bonds. The van der Waals surface area contributed by atoms with E-state index in [9.17, 15) is 4.79 Å². The van der Waals surface area contributed by atoms with Crippen molar-refractivity contribution >= 4 is 6.03 Å². The van der Waals surface area contributed by atoms with Crippen molar-refractivity contribution in [2.24, 2.45) is 0 Å². The van der Waals surface area contributed by atoms with E-state index < -0.39 is 0 Å². The summed E-state index contributed by atoms with van der Waals surface area (Å²) in [6, 6.07) is 5.69. The van der Waals surface area contributed by atoms with Crippen molar-refractivity contribution in [2.45, 2.75) is 19.5 Å². The van der Waals surface area contributed by atoms with Crippen LogP contribution < -0.4 is 5.32 Å². The molecule has 2 heterocycles. The SMILES string of the molecule is CN(C)C(=O)NCc1cn(CCc2ccccn2)nn1. The number of rotatable bonds is 5. The highest BCUT2D eigenvalue weighted by molar-refractivity contribution is 5.73. The Balaban J connectivity index is 1.82. The molecule has 0 aliphatic heterocycles. The molecule has 0 fully saturated rings. The Bertz CT molecular complexity index is 551. The summed E-state index contributed by atoms with van der Waals surface area (Å²) >= 11 is 0. The standard InChI is InChI=1S/C13H18N6O/c1-18(2)13(20)15-9-12-10-19(17-16-12)8-6-11-5-3-4-7-14-11/h3-5,7,10H,6,8-9H2,1-2H3,(H,15,20). The summed E-state index contributed by atoms with van der Waals surface area (Å²) in [5, 5.41) is 10.8. The van der Waals surface area contributed by atoms with Gasteiger partial charge in [-0.2, -0.15) is 0 Å². The van der Waals surface area contributed by atoms with Crippen molar-refractivity contribution in [3.63, 3.8) is 0 Å². The van der Waals surface area contributed by atoms with Gasteiger partial charge in [0.15, 0.2) is 0 Å². The van der Waals surface area contributed by atoms with Gasteiger partial charge in [-0.3, -0.25) is 9.67 Å². The van der Waals surface area contributed by atoms with Crippen molar-refractivity contribution in [3.05, 3.63) is 42.0 Å². The summed E-state index contributed by atoms with van der Waals surface area (Å²) < 4.78 is 1.76. The van der Waals surface area contributed by atoms with E-state index in [2.05, 4.69) is 20.6 Å². The van der Waals surface area contributed by atoms with E-state index in [1.165, 1.54) is 4.90 Å². The lowest BCUT2D eigenvalue weighted by atomic mass is 10.3. The van der Waals surface area contributed by atoms with Gasteiger partial charge < -0.3 is 10.2 Å². The Morgan fingerprint density at radius 1 is 1.35 bits per heavy atom. The quantitative estimate of drug-likeness (QED) is 0.870. The third kappa shape index (κ3) is 4.04. The highest BCUT2D eigenvalue weighted by Gasteiger charge is 2.05. The van der Waals surface area contributed by atoms with Crippen LogP contribution in [-0.2, 0) is 19.5 Å². The third-order valence-electron chi connectivity index (χ3n) is 2.74. The second-order valence-electron chi connectivity index (χ2n) is 4.60. The first-order chi connectivity index (χ1) is 9.65. The molecule has 0 radical (unpaired) electrons. The molecule has 0 unspecified atom stereocenters. The normalized spacial score (nSPS) is 10.3. The first kappa shape index (κ1) is 14.0. The molecule has 0 aliphatic carbocycles. The summed E-state index contributed by atoms with van der Waals surface area (Å²) in [6.07, 6.45) is 4.41. The van der Waals surface area contributed by atoms with Crippen LogP contribution in [0.4, 0.5) is 4.79 Å². The number of aryl methyl sites for hydroxylation is 2. The molecular weight excluding hydrogens is 256 g/mol. The van der Waals surface area contributed by atoms with Gasteiger partial charge in [0.2, 0.25) is 0 Å². The van der Waals surface area contributed by atoms with E-state index in [-0.39, 0.29) is 6.03 Å². The van der Waals surface area contributed by atoms with Gasteiger partial charge in [-0.25, -0.2) is 4.79 Å². The summed E-state index contributed by atoms with van der Waals surface area (Å²) in [5.74, 6) is 0. The minimum absolute atomic E-state index is 0.145. The predicted octanol–water partition coefficient (Wildman–Crippen LogP) is 0.687. The highest BCUT2D eigenvalue weighted by Crippen LogP contribution is 1.99. The van der Waals surface area contributed by atoms with Crippen LogP contribution in [0.25, 0.3) is 0 Å². The van der Waals surface area contributed by atoms with Crippen LogP contribution in [0.1, 0.15) is 11.4 Å². The molecule has 7 heteroatoms. The number of hydrogen-bond donors (Lipinski definition) is 1. The van der Waals surface area contributed by atoms with Gasteiger partial charge >= 0.3 is 6.03 Å². The summed E-state index contributed by atoms with van der Waals surface area (Å²) in [6.45, 7) is 1.09. The molecule has 0 bridgehead atoms. The van der Waals surface area contributed by atoms with Gasteiger partial charge in [-0.15, -0.1) is 5.10 Å². The summed E-state index contributed by atoms with van der Waals surface area (Å²) in [4.78, 5) is 17.1. The highest BCUT2D eigenvalue weighted by atomic mass is 16.2. The van der Waals surface area contributed by atoms with E-state index >= 15 is 0 Å². The number of pyridine rings is 1. The minimum atomic E-state index is -0.145. The number of nitrogens with zero attached hydrogens (tertiary/aromatic N) is 5. The number of carbonyl (C=O) groups excluding carboxylic acids is 1. The average molecular weight is 274 g/mol. The molecule has 0 aromatic carbocycles. The molecule has 0 aliphatic rings. The first-order valence-corrected chi connectivity index (χ1v) is 6.39. The van der Waals surface area contributed by atoms with Crippen LogP contribution in [0.3, 0.4) is 0 Å². The number of amides is 2. The van der Waals surface area contributed by atoms with E-state index in [0.717, 1.165) is 17.8 Å². The number of carbonyl (C=O) groups is 1. The van der Waals surface area contributed by atoms with Gasteiger partial charge in [0.25, 0.3) is 0 Å². The maximum Gasteiger partial charge on any atom is 0.317 e. The number of nitrogens with one attached hydrogen (secondary N) is 1. The van der Waals surface area contributed by atoms with Crippen LogP contribution in [0.5, 0.6) is 0 Å². The summed E-state index contributed by atoms with van der Waals surface area (Å²) in [7, 11) is 3.39. The topological polar surface area (TPSA) is 75.9 Å². The smallest absolute Gasteiger partial charge is 0.317 e. The van der Waals surface area contributed by atoms with Crippen LogP contribution in [-0.4, -0.2) is 45.0 Å².